The number of anilines is 1. The Morgan fingerprint density at radius 1 is 1.53 bits per heavy atom. The topological polar surface area (TPSA) is 102 Å². The van der Waals surface area contributed by atoms with Gasteiger partial charge < -0.3 is 4.79 Å². The van der Waals surface area contributed by atoms with Crippen molar-refractivity contribution in [3.63, 3.8) is 0 Å². The van der Waals surface area contributed by atoms with Crippen LogP contribution in [0.1, 0.15) is 13.8 Å². The number of nitrogens with two attached hydrogens (primary N) is 1. The molecular formula is C10H14N4O3. The Labute approximate surface area is 98.4 Å². The van der Waals surface area contributed by atoms with E-state index in [2.05, 4.69) is 4.98 Å². The van der Waals surface area contributed by atoms with Crippen molar-refractivity contribution in [2.24, 2.45) is 11.8 Å². The molecule has 2 N–H and O–H groups in total. The number of nitro groups is 1. The second kappa shape index (κ2) is 5.35. The molecule has 1 heterocycles. The van der Waals surface area contributed by atoms with Gasteiger partial charge in [-0.15, -0.1) is 0 Å². The van der Waals surface area contributed by atoms with Gasteiger partial charge in [0.1, 0.15) is 24.3 Å². The molecule has 0 aliphatic heterocycles. The Morgan fingerprint density at radius 3 is 2.53 bits per heavy atom. The number of hydrogen-bond acceptors (Lipinski definition) is 6. The summed E-state index contributed by atoms with van der Waals surface area (Å²) in [4.78, 5) is 24.6. The Balaban J connectivity index is 2.92. The van der Waals surface area contributed by atoms with E-state index >= 15 is 0 Å². The number of nitrogens with zero attached hydrogens (tertiary/aromatic N) is 3. The fourth-order valence-electron chi connectivity index (χ4n) is 1.34. The zero-order chi connectivity index (χ0) is 13.0. The number of carbonyl (C=O) groups excluding carboxylic acids is 1. The molecule has 92 valence electrons. The van der Waals surface area contributed by atoms with Gasteiger partial charge in [-0.05, 0) is 12.0 Å². The molecule has 0 bridgehead atoms. The van der Waals surface area contributed by atoms with E-state index in [-0.39, 0.29) is 11.6 Å². The Morgan fingerprint density at radius 2 is 2.18 bits per heavy atom. The van der Waals surface area contributed by atoms with E-state index in [1.807, 2.05) is 13.8 Å². The van der Waals surface area contributed by atoms with E-state index in [4.69, 9.17) is 5.84 Å². The maximum absolute atomic E-state index is 10.9. The van der Waals surface area contributed by atoms with E-state index < -0.39 is 11.0 Å². The van der Waals surface area contributed by atoms with E-state index in [0.717, 1.165) is 12.5 Å². The average molecular weight is 238 g/mol. The molecule has 0 saturated heterocycles. The molecular weight excluding hydrogens is 224 g/mol. The third-order valence-electron chi connectivity index (χ3n) is 2.35. The molecule has 1 unspecified atom stereocenters. The van der Waals surface area contributed by atoms with Gasteiger partial charge in [-0.3, -0.25) is 15.1 Å². The molecule has 0 fully saturated rings. The first-order valence-corrected chi connectivity index (χ1v) is 5.07. The van der Waals surface area contributed by atoms with Gasteiger partial charge >= 0.3 is 0 Å². The molecule has 7 heteroatoms. The van der Waals surface area contributed by atoms with Crippen molar-refractivity contribution in [1.82, 2.24) is 4.98 Å². The highest BCUT2D eigenvalue weighted by Gasteiger charge is 2.20. The monoisotopic (exact) mass is 238 g/mol. The maximum atomic E-state index is 10.9. The van der Waals surface area contributed by atoms with Gasteiger partial charge in [0.2, 0.25) is 0 Å². The number of carbonyl (C=O) groups is 1. The van der Waals surface area contributed by atoms with Crippen LogP contribution in [0.5, 0.6) is 0 Å². The van der Waals surface area contributed by atoms with Gasteiger partial charge in [-0.2, -0.15) is 0 Å². The summed E-state index contributed by atoms with van der Waals surface area (Å²) in [6.07, 6.45) is 1.84. The van der Waals surface area contributed by atoms with Gasteiger partial charge in [-0.1, -0.05) is 13.8 Å². The summed E-state index contributed by atoms with van der Waals surface area (Å²) in [5.41, 5.74) is -0.116. The SMILES string of the molecule is CC(C)C(C=O)N(N)c1ccc([N+](=O)[O-])cn1. The molecule has 0 radical (unpaired) electrons. The van der Waals surface area contributed by atoms with Crippen LogP contribution in [0.25, 0.3) is 0 Å². The number of aldehydes is 1. The van der Waals surface area contributed by atoms with Crippen LogP contribution in [0.3, 0.4) is 0 Å². The van der Waals surface area contributed by atoms with Crippen LogP contribution < -0.4 is 10.9 Å². The lowest BCUT2D eigenvalue weighted by Gasteiger charge is -2.26. The van der Waals surface area contributed by atoms with E-state index in [0.29, 0.717) is 5.82 Å². The van der Waals surface area contributed by atoms with E-state index in [1.165, 1.54) is 17.1 Å². The number of aromatic nitrogens is 1. The molecule has 1 aromatic heterocycles. The highest BCUT2D eigenvalue weighted by Crippen LogP contribution is 2.17. The number of pyridine rings is 1. The minimum Gasteiger partial charge on any atom is -0.301 e. The minimum absolute atomic E-state index is 0.0227. The zero-order valence-corrected chi connectivity index (χ0v) is 9.61. The molecule has 1 atom stereocenters. The predicted molar refractivity (Wildman–Crippen MR) is 62.2 cm³/mol. The summed E-state index contributed by atoms with van der Waals surface area (Å²) >= 11 is 0. The van der Waals surface area contributed by atoms with Crippen molar-refractivity contribution < 1.29 is 9.72 Å². The van der Waals surface area contributed by atoms with E-state index in [9.17, 15) is 14.9 Å². The van der Waals surface area contributed by atoms with Crippen molar-refractivity contribution in [3.05, 3.63) is 28.4 Å². The second-order valence-electron chi connectivity index (χ2n) is 3.91. The van der Waals surface area contributed by atoms with Crippen LogP contribution in [0.2, 0.25) is 0 Å². The van der Waals surface area contributed by atoms with Gasteiger partial charge in [0.05, 0.1) is 4.92 Å². The van der Waals surface area contributed by atoms with Gasteiger partial charge in [0.25, 0.3) is 5.69 Å². The first-order chi connectivity index (χ1) is 7.97. The van der Waals surface area contributed by atoms with Crippen LogP contribution in [-0.2, 0) is 4.79 Å². The fraction of sp³-hybridized carbons (Fsp3) is 0.400. The number of rotatable bonds is 5. The summed E-state index contributed by atoms with van der Waals surface area (Å²) in [6, 6.07) is 2.20. The third kappa shape index (κ3) is 2.97. The summed E-state index contributed by atoms with van der Waals surface area (Å²) in [7, 11) is 0. The van der Waals surface area contributed by atoms with Crippen molar-refractivity contribution >= 4 is 17.8 Å². The normalized spacial score (nSPS) is 12.2. The largest absolute Gasteiger partial charge is 0.301 e. The summed E-state index contributed by atoms with van der Waals surface area (Å²) < 4.78 is 0. The highest BCUT2D eigenvalue weighted by atomic mass is 16.6. The van der Waals surface area contributed by atoms with Gasteiger partial charge in [0, 0.05) is 6.07 Å². The quantitative estimate of drug-likeness (QED) is 0.354. The van der Waals surface area contributed by atoms with Crippen molar-refractivity contribution in [2.75, 3.05) is 5.01 Å². The standard InChI is InChI=1S/C10H14N4O3/c1-7(2)9(6-15)13(11)10-4-3-8(5-12-10)14(16)17/h3-7,9H,11H2,1-2H3. The molecule has 17 heavy (non-hydrogen) atoms. The lowest BCUT2D eigenvalue weighted by Crippen LogP contribution is -2.45. The molecule has 0 aliphatic rings. The van der Waals surface area contributed by atoms with Crippen molar-refractivity contribution in [2.45, 2.75) is 19.9 Å². The van der Waals surface area contributed by atoms with Crippen LogP contribution in [0.15, 0.2) is 18.3 Å². The first-order valence-electron chi connectivity index (χ1n) is 5.07. The third-order valence-corrected chi connectivity index (χ3v) is 2.35. The molecule has 0 amide bonds. The van der Waals surface area contributed by atoms with Crippen molar-refractivity contribution in [3.8, 4) is 0 Å². The lowest BCUT2D eigenvalue weighted by molar-refractivity contribution is -0.385. The Kier molecular flexibility index (Phi) is 4.11. The van der Waals surface area contributed by atoms with Crippen LogP contribution in [0, 0.1) is 16.0 Å². The molecule has 1 aromatic rings. The van der Waals surface area contributed by atoms with Gasteiger partial charge in [-0.25, -0.2) is 10.8 Å². The van der Waals surface area contributed by atoms with Crippen LogP contribution in [-0.4, -0.2) is 22.2 Å². The Hall–Kier alpha value is -2.02. The smallest absolute Gasteiger partial charge is 0.287 e. The molecule has 0 aliphatic carbocycles. The predicted octanol–water partition coefficient (Wildman–Crippen LogP) is 0.893. The summed E-state index contributed by atoms with van der Waals surface area (Å²) in [5, 5.41) is 11.7. The molecule has 1 rings (SSSR count). The number of hydrazine groups is 1. The zero-order valence-electron chi connectivity index (χ0n) is 9.61. The molecule has 0 saturated carbocycles. The summed E-state index contributed by atoms with van der Waals surface area (Å²) in [5.74, 6) is 6.09. The minimum atomic E-state index is -0.544. The van der Waals surface area contributed by atoms with Crippen LogP contribution >= 0.6 is 0 Å². The lowest BCUT2D eigenvalue weighted by atomic mass is 10.1. The Bertz CT molecular complexity index is 405. The van der Waals surface area contributed by atoms with Crippen LogP contribution in [0.4, 0.5) is 11.5 Å². The van der Waals surface area contributed by atoms with Gasteiger partial charge in [0.15, 0.2) is 0 Å². The molecule has 0 spiro atoms. The molecule has 0 aromatic carbocycles. The maximum Gasteiger partial charge on any atom is 0.287 e. The number of hydrogen-bond donors (Lipinski definition) is 1. The first kappa shape index (κ1) is 13.0. The van der Waals surface area contributed by atoms with Crippen molar-refractivity contribution in [1.29, 1.82) is 0 Å². The molecule has 7 nitrogen and oxygen atoms in total. The fourth-order valence-corrected chi connectivity index (χ4v) is 1.34. The average Bonchev–Trinajstić information content (AvgIpc) is 2.29. The highest BCUT2D eigenvalue weighted by molar-refractivity contribution is 5.64. The summed E-state index contributed by atoms with van der Waals surface area (Å²) in [6.45, 7) is 3.70. The second-order valence-corrected chi connectivity index (χ2v) is 3.91. The van der Waals surface area contributed by atoms with E-state index in [1.54, 1.807) is 0 Å².